The van der Waals surface area contributed by atoms with Gasteiger partial charge >= 0.3 is 6.09 Å². The van der Waals surface area contributed by atoms with Gasteiger partial charge in [0.1, 0.15) is 29.5 Å². The predicted molar refractivity (Wildman–Crippen MR) is 109 cm³/mol. The van der Waals surface area contributed by atoms with E-state index in [2.05, 4.69) is 25.2 Å². The summed E-state index contributed by atoms with van der Waals surface area (Å²) in [6.45, 7) is 4.73. The topological polar surface area (TPSA) is 81.9 Å². The molecule has 0 radical (unpaired) electrons. The molecule has 7 nitrogen and oxygen atoms in total. The van der Waals surface area contributed by atoms with Gasteiger partial charge in [0.05, 0.1) is 24.2 Å². The number of rotatable bonds is 7. The van der Waals surface area contributed by atoms with E-state index in [1.165, 1.54) is 5.57 Å². The summed E-state index contributed by atoms with van der Waals surface area (Å²) in [5, 5.41) is 3.12. The van der Waals surface area contributed by atoms with E-state index in [9.17, 15) is 4.79 Å². The molecular formula is C23H35NO6. The van der Waals surface area contributed by atoms with Gasteiger partial charge in [0.15, 0.2) is 0 Å². The number of allylic oxidation sites excluding steroid dienone is 1. The zero-order chi connectivity index (χ0) is 21.1. The summed E-state index contributed by atoms with van der Waals surface area (Å²) in [5.41, 5.74) is 0.611. The second-order valence-corrected chi connectivity index (χ2v) is 10.1. The Morgan fingerprint density at radius 3 is 2.60 bits per heavy atom. The van der Waals surface area contributed by atoms with Crippen molar-refractivity contribution in [1.82, 2.24) is 5.32 Å². The van der Waals surface area contributed by atoms with E-state index >= 15 is 0 Å². The Morgan fingerprint density at radius 2 is 1.93 bits per heavy atom. The predicted octanol–water partition coefficient (Wildman–Crippen LogP) is 3.11. The Labute approximate surface area is 178 Å². The number of amides is 1. The van der Waals surface area contributed by atoms with Crippen LogP contribution in [-0.4, -0.2) is 68.1 Å². The molecule has 30 heavy (non-hydrogen) atoms. The summed E-state index contributed by atoms with van der Waals surface area (Å²) >= 11 is 0. The lowest BCUT2D eigenvalue weighted by Gasteiger charge is -2.48. The second-order valence-electron chi connectivity index (χ2n) is 10.1. The Morgan fingerprint density at radius 1 is 1.17 bits per heavy atom. The number of nitrogens with one attached hydrogen (secondary N) is 1. The molecule has 3 saturated carbocycles. The first-order valence-corrected chi connectivity index (χ1v) is 11.4. The van der Waals surface area contributed by atoms with Gasteiger partial charge < -0.3 is 29.0 Å². The number of hydrogen-bond donors (Lipinski definition) is 1. The van der Waals surface area contributed by atoms with Crippen LogP contribution in [-0.2, 0) is 23.7 Å². The van der Waals surface area contributed by atoms with Gasteiger partial charge in [-0.05, 0) is 46.0 Å². The maximum Gasteiger partial charge on any atom is 0.408 e. The molecule has 2 aliphatic heterocycles. The molecular weight excluding hydrogens is 386 g/mol. The van der Waals surface area contributed by atoms with Crippen LogP contribution in [0.15, 0.2) is 11.6 Å². The molecule has 5 aliphatic rings. The second kappa shape index (κ2) is 7.19. The van der Waals surface area contributed by atoms with E-state index in [1.807, 2.05) is 0 Å². The molecule has 1 amide bonds. The van der Waals surface area contributed by atoms with Gasteiger partial charge in [-0.2, -0.15) is 0 Å². The highest BCUT2D eigenvalue weighted by atomic mass is 16.7. The molecule has 0 aromatic carbocycles. The SMILES string of the molecule is COCC1(NC(=O)OC2CC[C@]34OC3C3(O[C@@H]3CC=C(C)C)C4C2OC)CCCC1. The highest BCUT2D eigenvalue weighted by Gasteiger charge is 2.94. The van der Waals surface area contributed by atoms with Crippen LogP contribution < -0.4 is 5.32 Å². The number of alkyl carbamates (subject to hydrolysis) is 1. The molecule has 7 atom stereocenters. The van der Waals surface area contributed by atoms with E-state index in [0.717, 1.165) is 44.9 Å². The number of hydrogen-bond acceptors (Lipinski definition) is 6. The normalized spacial score (nSPS) is 44.5. The van der Waals surface area contributed by atoms with E-state index in [-0.39, 0.29) is 53.2 Å². The van der Waals surface area contributed by atoms with Gasteiger partial charge in [0.2, 0.25) is 0 Å². The minimum absolute atomic E-state index is 0.126. The van der Waals surface area contributed by atoms with Gasteiger partial charge in [-0.25, -0.2) is 4.79 Å². The zero-order valence-electron chi connectivity index (χ0n) is 18.6. The van der Waals surface area contributed by atoms with Crippen LogP contribution in [0.2, 0.25) is 0 Å². The Hall–Kier alpha value is -1.15. The van der Waals surface area contributed by atoms with Crippen molar-refractivity contribution in [2.75, 3.05) is 20.8 Å². The maximum atomic E-state index is 12.8. The van der Waals surface area contributed by atoms with Crippen LogP contribution in [0.1, 0.15) is 58.8 Å². The van der Waals surface area contributed by atoms with Crippen molar-refractivity contribution in [3.63, 3.8) is 0 Å². The zero-order valence-corrected chi connectivity index (χ0v) is 18.6. The van der Waals surface area contributed by atoms with Gasteiger partial charge in [-0.1, -0.05) is 24.5 Å². The minimum atomic E-state index is -0.364. The van der Waals surface area contributed by atoms with Crippen LogP contribution in [0.5, 0.6) is 0 Å². The van der Waals surface area contributed by atoms with Crippen molar-refractivity contribution >= 4 is 6.09 Å². The first-order valence-electron chi connectivity index (χ1n) is 11.4. The van der Waals surface area contributed by atoms with Crippen LogP contribution in [0, 0.1) is 5.92 Å². The molecule has 5 fully saturated rings. The molecule has 5 rings (SSSR count). The van der Waals surface area contributed by atoms with Crippen LogP contribution in [0.4, 0.5) is 4.79 Å². The van der Waals surface area contributed by atoms with E-state index in [0.29, 0.717) is 6.61 Å². The van der Waals surface area contributed by atoms with Crippen molar-refractivity contribution in [2.24, 2.45) is 5.92 Å². The lowest BCUT2D eigenvalue weighted by Crippen LogP contribution is -2.66. The number of ether oxygens (including phenoxy) is 5. The fraction of sp³-hybridized carbons (Fsp3) is 0.870. The highest BCUT2D eigenvalue weighted by molar-refractivity contribution is 5.68. The van der Waals surface area contributed by atoms with Crippen LogP contribution in [0.25, 0.3) is 0 Å². The molecule has 2 heterocycles. The Balaban J connectivity index is 1.25. The lowest BCUT2D eigenvalue weighted by molar-refractivity contribution is -0.134. The Bertz CT molecular complexity index is 729. The average Bonchev–Trinajstić information content (AvgIpc) is 3.53. The number of fused-ring (bicyclic) bond motifs is 2. The standard InChI is InChI=1S/C23H35NO6/c1-14(2)7-8-16-23(29-16)18-17(27-4)15(9-12-22(18)19(23)30-22)28-20(25)24-21(13-26-3)10-5-6-11-21/h7,15-19H,5-6,8-13H2,1-4H3,(H,24,25)/t15?,16-,17?,18?,19?,22-,23?/m1/s1. The first kappa shape index (κ1) is 20.7. The molecule has 168 valence electrons. The van der Waals surface area contributed by atoms with Crippen molar-refractivity contribution < 1.29 is 28.5 Å². The molecule has 2 saturated heterocycles. The van der Waals surface area contributed by atoms with E-state index < -0.39 is 0 Å². The highest BCUT2D eigenvalue weighted by Crippen LogP contribution is 2.77. The smallest absolute Gasteiger partial charge is 0.408 e. The monoisotopic (exact) mass is 421 g/mol. The van der Waals surface area contributed by atoms with Crippen molar-refractivity contribution in [3.8, 4) is 0 Å². The van der Waals surface area contributed by atoms with Gasteiger partial charge in [-0.3, -0.25) is 0 Å². The average molecular weight is 422 g/mol. The fourth-order valence-electron chi connectivity index (χ4n) is 6.69. The van der Waals surface area contributed by atoms with E-state index in [1.54, 1.807) is 14.2 Å². The summed E-state index contributed by atoms with van der Waals surface area (Å²) in [7, 11) is 3.39. The summed E-state index contributed by atoms with van der Waals surface area (Å²) in [6, 6.07) is 0. The maximum absolute atomic E-state index is 12.8. The summed E-state index contributed by atoms with van der Waals surface area (Å²) < 4.78 is 29.6. The molecule has 7 heteroatoms. The van der Waals surface area contributed by atoms with Gasteiger partial charge in [-0.15, -0.1) is 0 Å². The van der Waals surface area contributed by atoms with Gasteiger partial charge in [0, 0.05) is 14.2 Å². The number of carbonyl (C=O) groups excluding carboxylic acids is 1. The lowest BCUT2D eigenvalue weighted by atomic mass is 9.55. The third-order valence-electron chi connectivity index (χ3n) is 8.07. The molecule has 0 bridgehead atoms. The quantitative estimate of drug-likeness (QED) is 0.502. The third-order valence-corrected chi connectivity index (χ3v) is 8.07. The molecule has 0 aromatic rings. The molecule has 5 unspecified atom stereocenters. The first-order chi connectivity index (χ1) is 14.4. The molecule has 2 spiro atoms. The Kier molecular flexibility index (Phi) is 4.97. The minimum Gasteiger partial charge on any atom is -0.443 e. The van der Waals surface area contributed by atoms with Gasteiger partial charge in [0.25, 0.3) is 0 Å². The largest absolute Gasteiger partial charge is 0.443 e. The van der Waals surface area contributed by atoms with Crippen LogP contribution in [0.3, 0.4) is 0 Å². The van der Waals surface area contributed by atoms with E-state index in [4.69, 9.17) is 23.7 Å². The summed E-state index contributed by atoms with van der Waals surface area (Å²) in [6.07, 6.45) is 8.33. The summed E-state index contributed by atoms with van der Waals surface area (Å²) in [5.74, 6) is 0.126. The van der Waals surface area contributed by atoms with Crippen molar-refractivity contribution in [1.29, 1.82) is 0 Å². The number of methoxy groups -OCH3 is 2. The number of epoxide rings is 2. The van der Waals surface area contributed by atoms with Crippen LogP contribution >= 0.6 is 0 Å². The van der Waals surface area contributed by atoms with Crippen molar-refractivity contribution in [2.45, 2.75) is 100.0 Å². The molecule has 1 N–H and O–H groups in total. The third kappa shape index (κ3) is 2.96. The fourth-order valence-corrected chi connectivity index (χ4v) is 6.69. The molecule has 0 aromatic heterocycles. The van der Waals surface area contributed by atoms with Crippen molar-refractivity contribution in [3.05, 3.63) is 11.6 Å². The summed E-state index contributed by atoms with van der Waals surface area (Å²) in [4.78, 5) is 12.8. The molecule has 3 aliphatic carbocycles. The number of carbonyl (C=O) groups is 1.